The number of aliphatic hydroxyl groups is 1. The molecule has 0 aromatic heterocycles. The molecular formula is C37H40O12. The Balaban J connectivity index is 1.89. The zero-order valence-electron chi connectivity index (χ0n) is 27.9. The Hall–Kier alpha value is -5.07. The average Bonchev–Trinajstić information content (AvgIpc) is 3.05. The van der Waals surface area contributed by atoms with E-state index in [1.165, 1.54) is 0 Å². The lowest BCUT2D eigenvalue weighted by Gasteiger charge is -2.52. The van der Waals surface area contributed by atoms with Crippen molar-refractivity contribution < 1.29 is 57.5 Å². The lowest BCUT2D eigenvalue weighted by Crippen LogP contribution is -2.74. The molecule has 0 heterocycles. The number of rotatable bonds is 12. The van der Waals surface area contributed by atoms with Gasteiger partial charge in [0.05, 0.1) is 6.61 Å². The van der Waals surface area contributed by atoms with Crippen molar-refractivity contribution in [3.05, 3.63) is 108 Å². The first-order valence-corrected chi connectivity index (χ1v) is 15.7. The molecule has 0 amide bonds. The van der Waals surface area contributed by atoms with Gasteiger partial charge in [-0.05, 0) is 16.7 Å². The minimum absolute atomic E-state index is 0.289. The van der Waals surface area contributed by atoms with Crippen LogP contribution in [0.15, 0.2) is 91.0 Å². The summed E-state index contributed by atoms with van der Waals surface area (Å²) >= 11 is 0. The molecule has 1 saturated carbocycles. The number of benzene rings is 3. The Morgan fingerprint density at radius 3 is 1.14 bits per heavy atom. The van der Waals surface area contributed by atoms with Crippen LogP contribution in [-0.4, -0.2) is 77.7 Å². The highest BCUT2D eigenvalue weighted by Crippen LogP contribution is 2.44. The molecule has 2 unspecified atom stereocenters. The molecule has 0 bridgehead atoms. The summed E-state index contributed by atoms with van der Waals surface area (Å²) in [6, 6.07) is 28.2. The molecule has 0 spiro atoms. The lowest BCUT2D eigenvalue weighted by molar-refractivity contribution is -0.289. The standard InChI is InChI=1S/C37H40O12/c1-23(38)45-31-32(46-24(2)39)34(48-26(4)41)36(43,35(49-27(5)42)33(31)47-25(3)40)21-22-44-37(28-15-9-6-10-16-28,29-17-11-7-12-18-29)30-19-13-8-14-20-30/h6-20,31-35,43H,21-22H2,1-5H3/t31?,32-,33+,34+,35-,36?. The molecule has 3 aromatic carbocycles. The highest BCUT2D eigenvalue weighted by molar-refractivity contribution is 5.70. The van der Waals surface area contributed by atoms with E-state index < -0.39 is 78.0 Å². The van der Waals surface area contributed by atoms with Gasteiger partial charge in [-0.2, -0.15) is 0 Å². The molecule has 3 aromatic rings. The summed E-state index contributed by atoms with van der Waals surface area (Å²) in [6.45, 7) is 5.01. The van der Waals surface area contributed by atoms with Gasteiger partial charge in [-0.3, -0.25) is 24.0 Å². The van der Waals surface area contributed by atoms with E-state index in [1.54, 1.807) is 0 Å². The molecule has 4 rings (SSSR count). The summed E-state index contributed by atoms with van der Waals surface area (Å²) in [6.07, 6.45) is -9.07. The molecule has 12 heteroatoms. The van der Waals surface area contributed by atoms with Crippen LogP contribution in [0.4, 0.5) is 0 Å². The van der Waals surface area contributed by atoms with Gasteiger partial charge < -0.3 is 33.5 Å². The van der Waals surface area contributed by atoms with Crippen molar-refractivity contribution in [2.24, 2.45) is 0 Å². The van der Waals surface area contributed by atoms with Crippen molar-refractivity contribution in [1.82, 2.24) is 0 Å². The first-order valence-electron chi connectivity index (χ1n) is 15.7. The van der Waals surface area contributed by atoms with E-state index in [0.717, 1.165) is 51.3 Å². The van der Waals surface area contributed by atoms with Crippen molar-refractivity contribution in [3.8, 4) is 0 Å². The predicted octanol–water partition coefficient (Wildman–Crippen LogP) is 3.79. The van der Waals surface area contributed by atoms with Crippen molar-refractivity contribution in [1.29, 1.82) is 0 Å². The summed E-state index contributed by atoms with van der Waals surface area (Å²) in [5.41, 5.74) is -1.43. The van der Waals surface area contributed by atoms with E-state index in [4.69, 9.17) is 28.4 Å². The maximum Gasteiger partial charge on any atom is 0.303 e. The number of hydrogen-bond acceptors (Lipinski definition) is 12. The minimum atomic E-state index is -2.44. The molecule has 49 heavy (non-hydrogen) atoms. The van der Waals surface area contributed by atoms with Crippen molar-refractivity contribution in [3.63, 3.8) is 0 Å². The SMILES string of the molecule is CC(=O)OC1[C@@H](OC(C)=O)[C@H](OC(C)=O)C(O)(CCOC(c2ccccc2)(c2ccccc2)c2ccccc2)[C@H](OC(C)=O)[C@H]1OC(C)=O. The van der Waals surface area contributed by atoms with E-state index in [9.17, 15) is 29.1 Å². The normalized spacial score (nSPS) is 23.4. The summed E-state index contributed by atoms with van der Waals surface area (Å²) < 4.78 is 34.5. The lowest BCUT2D eigenvalue weighted by atomic mass is 9.72. The molecule has 260 valence electrons. The van der Waals surface area contributed by atoms with Gasteiger partial charge in [0.2, 0.25) is 0 Å². The zero-order chi connectivity index (χ0) is 35.8. The van der Waals surface area contributed by atoms with Crippen LogP contribution in [0.2, 0.25) is 0 Å². The van der Waals surface area contributed by atoms with Crippen LogP contribution < -0.4 is 0 Å². The molecule has 1 N–H and O–H groups in total. The van der Waals surface area contributed by atoms with Crippen LogP contribution in [0.3, 0.4) is 0 Å². The maximum absolute atomic E-state index is 12.7. The largest absolute Gasteiger partial charge is 0.455 e. The van der Waals surface area contributed by atoms with Crippen molar-refractivity contribution in [2.45, 2.75) is 82.8 Å². The molecule has 1 aliphatic rings. The third-order valence-corrected chi connectivity index (χ3v) is 8.08. The molecule has 1 aliphatic carbocycles. The summed E-state index contributed by atoms with van der Waals surface area (Å²) in [5, 5.41) is 12.7. The van der Waals surface area contributed by atoms with Gasteiger partial charge in [0.25, 0.3) is 0 Å². The Labute approximate surface area is 284 Å². The second-order valence-electron chi connectivity index (χ2n) is 11.7. The van der Waals surface area contributed by atoms with Crippen LogP contribution in [0.25, 0.3) is 0 Å². The predicted molar refractivity (Wildman–Crippen MR) is 172 cm³/mol. The van der Waals surface area contributed by atoms with Gasteiger partial charge in [-0.25, -0.2) is 0 Å². The zero-order valence-corrected chi connectivity index (χ0v) is 27.9. The molecule has 0 aliphatic heterocycles. The topological polar surface area (TPSA) is 161 Å². The summed E-state index contributed by atoms with van der Waals surface area (Å²) in [4.78, 5) is 62.1. The highest BCUT2D eigenvalue weighted by atomic mass is 16.7. The first kappa shape index (κ1) is 36.8. The van der Waals surface area contributed by atoms with E-state index in [-0.39, 0.29) is 6.61 Å². The Bertz CT molecular complexity index is 1470. The third-order valence-electron chi connectivity index (χ3n) is 8.08. The quantitative estimate of drug-likeness (QED) is 0.168. The van der Waals surface area contributed by atoms with Crippen molar-refractivity contribution in [2.75, 3.05) is 6.61 Å². The third kappa shape index (κ3) is 8.33. The van der Waals surface area contributed by atoms with Gasteiger partial charge in [0.15, 0.2) is 30.5 Å². The number of esters is 5. The van der Waals surface area contributed by atoms with Gasteiger partial charge in [0, 0.05) is 41.0 Å². The van der Waals surface area contributed by atoms with Crippen LogP contribution in [0, 0.1) is 0 Å². The van der Waals surface area contributed by atoms with Crippen LogP contribution >= 0.6 is 0 Å². The fourth-order valence-corrected chi connectivity index (χ4v) is 6.35. The smallest absolute Gasteiger partial charge is 0.303 e. The van der Waals surface area contributed by atoms with Crippen LogP contribution in [0.1, 0.15) is 57.7 Å². The molecule has 1 fully saturated rings. The molecule has 0 saturated heterocycles. The molecule has 0 radical (unpaired) electrons. The van der Waals surface area contributed by atoms with E-state index in [0.29, 0.717) is 0 Å². The molecule has 12 nitrogen and oxygen atoms in total. The molecular weight excluding hydrogens is 636 g/mol. The number of carbonyl (C=O) groups is 5. The fraction of sp³-hybridized carbons (Fsp3) is 0.378. The van der Waals surface area contributed by atoms with Gasteiger partial charge in [-0.1, -0.05) is 91.0 Å². The Morgan fingerprint density at radius 2 is 0.837 bits per heavy atom. The van der Waals surface area contributed by atoms with Gasteiger partial charge >= 0.3 is 29.8 Å². The average molecular weight is 677 g/mol. The van der Waals surface area contributed by atoms with Crippen molar-refractivity contribution >= 4 is 29.8 Å². The number of hydrogen-bond donors (Lipinski definition) is 1. The fourth-order valence-electron chi connectivity index (χ4n) is 6.35. The van der Waals surface area contributed by atoms with E-state index in [1.807, 2.05) is 91.0 Å². The van der Waals surface area contributed by atoms with Crippen LogP contribution in [-0.2, 0) is 58.0 Å². The van der Waals surface area contributed by atoms with Gasteiger partial charge in [0.1, 0.15) is 11.2 Å². The van der Waals surface area contributed by atoms with E-state index in [2.05, 4.69) is 0 Å². The highest BCUT2D eigenvalue weighted by Gasteiger charge is 2.66. The number of carbonyl (C=O) groups excluding carboxylic acids is 5. The summed E-state index contributed by atoms with van der Waals surface area (Å²) in [7, 11) is 0. The van der Waals surface area contributed by atoms with Gasteiger partial charge in [-0.15, -0.1) is 0 Å². The maximum atomic E-state index is 12.7. The Morgan fingerprint density at radius 1 is 0.531 bits per heavy atom. The summed E-state index contributed by atoms with van der Waals surface area (Å²) in [5.74, 6) is -4.46. The second kappa shape index (κ2) is 15.9. The van der Waals surface area contributed by atoms with E-state index >= 15 is 0 Å². The van der Waals surface area contributed by atoms with Crippen LogP contribution in [0.5, 0.6) is 0 Å². The monoisotopic (exact) mass is 676 g/mol. The Kier molecular flexibility index (Phi) is 11.9. The second-order valence-corrected chi connectivity index (χ2v) is 11.7. The minimum Gasteiger partial charge on any atom is -0.455 e. The first-order chi connectivity index (χ1) is 23.3. The molecule has 6 atom stereocenters. The number of ether oxygens (including phenoxy) is 6.